The van der Waals surface area contributed by atoms with E-state index >= 15 is 0 Å². The third-order valence-electron chi connectivity index (χ3n) is 5.61. The summed E-state index contributed by atoms with van der Waals surface area (Å²) in [4.78, 5) is 9.38. The molecule has 0 bridgehead atoms. The molecule has 0 N–H and O–H groups in total. The van der Waals surface area contributed by atoms with E-state index in [9.17, 15) is 0 Å². The Bertz CT molecular complexity index is 1390. The lowest BCUT2D eigenvalue weighted by Gasteiger charge is -2.09. The molecule has 0 aliphatic carbocycles. The van der Waals surface area contributed by atoms with Gasteiger partial charge in [-0.1, -0.05) is 65.7 Å². The number of thioether (sulfide) groups is 1. The minimum atomic E-state index is 0.716. The monoisotopic (exact) mass is 455 g/mol. The highest BCUT2D eigenvalue weighted by Crippen LogP contribution is 2.38. The van der Waals surface area contributed by atoms with Crippen LogP contribution in [-0.4, -0.2) is 14.5 Å². The second-order valence-electron chi connectivity index (χ2n) is 7.85. The highest BCUT2D eigenvalue weighted by Gasteiger charge is 2.18. The highest BCUT2D eigenvalue weighted by atomic mass is 35.5. The Morgan fingerprint density at radius 1 is 0.906 bits per heavy atom. The first kappa shape index (κ1) is 20.8. The fourth-order valence-electron chi connectivity index (χ4n) is 3.88. The van der Waals surface area contributed by atoms with Gasteiger partial charge in [0.05, 0.1) is 5.39 Å². The summed E-state index contributed by atoms with van der Waals surface area (Å²) in [6.45, 7) is 4.30. The molecule has 0 aliphatic heterocycles. The van der Waals surface area contributed by atoms with E-state index in [4.69, 9.17) is 16.6 Å². The Morgan fingerprint density at radius 2 is 1.69 bits per heavy atom. The Kier molecular flexibility index (Phi) is 5.73. The predicted molar refractivity (Wildman–Crippen MR) is 135 cm³/mol. The van der Waals surface area contributed by atoms with Crippen molar-refractivity contribution in [3.8, 4) is 16.8 Å². The topological polar surface area (TPSA) is 30.7 Å². The number of aryl methyl sites for hydroxylation is 2. The van der Waals surface area contributed by atoms with Gasteiger partial charge in [0, 0.05) is 28.2 Å². The smallest absolute Gasteiger partial charge is 0.149 e. The molecule has 158 valence electrons. The molecule has 0 radical (unpaired) electrons. The fraction of sp³-hybridized carbons (Fsp3) is 0.111. The van der Waals surface area contributed by atoms with Crippen molar-refractivity contribution >= 4 is 34.4 Å². The van der Waals surface area contributed by atoms with Gasteiger partial charge in [0.25, 0.3) is 0 Å². The third kappa shape index (κ3) is 4.04. The van der Waals surface area contributed by atoms with Crippen LogP contribution in [0.5, 0.6) is 0 Å². The minimum Gasteiger partial charge on any atom is -0.301 e. The average Bonchev–Trinajstić information content (AvgIpc) is 3.21. The van der Waals surface area contributed by atoms with Gasteiger partial charge in [-0.05, 0) is 54.8 Å². The van der Waals surface area contributed by atoms with Gasteiger partial charge < -0.3 is 4.57 Å². The van der Waals surface area contributed by atoms with Crippen LogP contribution in [-0.2, 0) is 5.75 Å². The van der Waals surface area contributed by atoms with Gasteiger partial charge in [-0.2, -0.15) is 0 Å². The van der Waals surface area contributed by atoms with Crippen LogP contribution >= 0.6 is 23.4 Å². The lowest BCUT2D eigenvalue weighted by atomic mass is 10.1. The van der Waals surface area contributed by atoms with E-state index in [-0.39, 0.29) is 0 Å². The van der Waals surface area contributed by atoms with Crippen molar-refractivity contribution in [2.24, 2.45) is 0 Å². The molecule has 5 rings (SSSR count). The fourth-order valence-corrected chi connectivity index (χ4v) is 5.08. The Balaban J connectivity index is 1.65. The largest absolute Gasteiger partial charge is 0.301 e. The first-order chi connectivity index (χ1) is 15.6. The van der Waals surface area contributed by atoms with Crippen molar-refractivity contribution in [1.82, 2.24) is 14.5 Å². The van der Waals surface area contributed by atoms with E-state index in [1.165, 1.54) is 16.7 Å². The maximum atomic E-state index is 6.13. The number of fused-ring (bicyclic) bond motifs is 1. The van der Waals surface area contributed by atoms with Crippen LogP contribution in [0.2, 0.25) is 5.02 Å². The Labute approximate surface area is 197 Å². The lowest BCUT2D eigenvalue weighted by Crippen LogP contribution is -1.95. The van der Waals surface area contributed by atoms with E-state index < -0.39 is 0 Å². The van der Waals surface area contributed by atoms with Crippen LogP contribution in [0, 0.1) is 13.8 Å². The summed E-state index contributed by atoms with van der Waals surface area (Å²) in [5.41, 5.74) is 8.09. The summed E-state index contributed by atoms with van der Waals surface area (Å²) in [6.07, 6.45) is 3.81. The highest BCUT2D eigenvalue weighted by molar-refractivity contribution is 7.98. The zero-order valence-electron chi connectivity index (χ0n) is 17.9. The Morgan fingerprint density at radius 3 is 2.47 bits per heavy atom. The van der Waals surface area contributed by atoms with Gasteiger partial charge in [-0.3, -0.25) is 0 Å². The van der Waals surface area contributed by atoms with Crippen LogP contribution in [0.3, 0.4) is 0 Å². The molecule has 3 nitrogen and oxygen atoms in total. The van der Waals surface area contributed by atoms with E-state index in [1.807, 2.05) is 30.3 Å². The van der Waals surface area contributed by atoms with Gasteiger partial charge in [-0.25, -0.2) is 9.97 Å². The molecule has 0 unspecified atom stereocenters. The average molecular weight is 456 g/mol. The molecule has 0 fully saturated rings. The number of aromatic nitrogens is 3. The molecular weight excluding hydrogens is 434 g/mol. The summed E-state index contributed by atoms with van der Waals surface area (Å²) in [6, 6.07) is 24.9. The summed E-state index contributed by atoms with van der Waals surface area (Å²) in [5.74, 6) is 0.861. The van der Waals surface area contributed by atoms with Crippen LogP contribution < -0.4 is 0 Å². The first-order valence-electron chi connectivity index (χ1n) is 10.5. The molecule has 32 heavy (non-hydrogen) atoms. The summed E-state index contributed by atoms with van der Waals surface area (Å²) in [5, 5.41) is 2.78. The normalized spacial score (nSPS) is 11.2. The standard InChI is InChI=1S/C27H22ClN3S/c1-18-8-9-19(2)21(14-18)16-32-27-25-24(20-6-4-3-5-7-20)15-31(26(25)29-17-30-27)23-12-10-22(28)11-13-23/h3-15,17H,16H2,1-2H3. The molecule has 5 heteroatoms. The number of halogens is 1. The Hall–Kier alpha value is -3.08. The number of nitrogens with zero attached hydrogens (tertiary/aromatic N) is 3. The van der Waals surface area contributed by atoms with E-state index in [0.717, 1.165) is 38.6 Å². The second kappa shape index (κ2) is 8.81. The molecule has 2 aromatic heterocycles. The molecule has 0 atom stereocenters. The minimum absolute atomic E-state index is 0.716. The molecule has 3 aromatic carbocycles. The summed E-state index contributed by atoms with van der Waals surface area (Å²) < 4.78 is 2.12. The van der Waals surface area contributed by atoms with Crippen LogP contribution in [0.15, 0.2) is 90.3 Å². The summed E-state index contributed by atoms with van der Waals surface area (Å²) >= 11 is 7.89. The predicted octanol–water partition coefficient (Wildman–Crippen LogP) is 7.65. The van der Waals surface area contributed by atoms with E-state index in [1.54, 1.807) is 18.1 Å². The van der Waals surface area contributed by atoms with Gasteiger partial charge >= 0.3 is 0 Å². The number of rotatable bonds is 5. The molecule has 5 aromatic rings. The van der Waals surface area contributed by atoms with Gasteiger partial charge in [-0.15, -0.1) is 11.8 Å². The molecule has 0 amide bonds. The second-order valence-corrected chi connectivity index (χ2v) is 9.25. The number of hydrogen-bond acceptors (Lipinski definition) is 3. The molecule has 2 heterocycles. The van der Waals surface area contributed by atoms with Gasteiger partial charge in [0.1, 0.15) is 17.0 Å². The van der Waals surface area contributed by atoms with Crippen molar-refractivity contribution in [3.63, 3.8) is 0 Å². The summed E-state index contributed by atoms with van der Waals surface area (Å²) in [7, 11) is 0. The SMILES string of the molecule is Cc1ccc(C)c(CSc2ncnc3c2c(-c2ccccc2)cn3-c2ccc(Cl)cc2)c1. The number of hydrogen-bond donors (Lipinski definition) is 0. The zero-order chi connectivity index (χ0) is 22.1. The van der Waals surface area contributed by atoms with Crippen LogP contribution in [0.1, 0.15) is 16.7 Å². The van der Waals surface area contributed by atoms with E-state index in [0.29, 0.717) is 5.02 Å². The zero-order valence-corrected chi connectivity index (χ0v) is 19.5. The maximum absolute atomic E-state index is 6.13. The van der Waals surface area contributed by atoms with Crippen LogP contribution in [0.25, 0.3) is 27.8 Å². The quantitative estimate of drug-likeness (QED) is 0.201. The van der Waals surface area contributed by atoms with Gasteiger partial charge in [0.15, 0.2) is 0 Å². The molecule has 0 saturated carbocycles. The number of benzene rings is 3. The molecular formula is C27H22ClN3S. The first-order valence-corrected chi connectivity index (χ1v) is 11.8. The van der Waals surface area contributed by atoms with Crippen LogP contribution in [0.4, 0.5) is 0 Å². The molecule has 0 saturated heterocycles. The van der Waals surface area contributed by atoms with E-state index in [2.05, 4.69) is 72.1 Å². The van der Waals surface area contributed by atoms with Gasteiger partial charge in [0.2, 0.25) is 0 Å². The van der Waals surface area contributed by atoms with Crippen molar-refractivity contribution in [2.75, 3.05) is 0 Å². The molecule has 0 spiro atoms. The van der Waals surface area contributed by atoms with Crippen molar-refractivity contribution < 1.29 is 0 Å². The third-order valence-corrected chi connectivity index (χ3v) is 6.90. The molecule has 0 aliphatic rings. The lowest BCUT2D eigenvalue weighted by molar-refractivity contribution is 1.04. The maximum Gasteiger partial charge on any atom is 0.149 e. The van der Waals surface area contributed by atoms with Crippen molar-refractivity contribution in [3.05, 3.63) is 107 Å². The van der Waals surface area contributed by atoms with Crippen molar-refractivity contribution in [2.45, 2.75) is 24.6 Å². The van der Waals surface area contributed by atoms with Crippen molar-refractivity contribution in [1.29, 1.82) is 0 Å².